The van der Waals surface area contributed by atoms with Crippen molar-refractivity contribution in [1.29, 1.82) is 0 Å². The van der Waals surface area contributed by atoms with Crippen LogP contribution in [-0.2, 0) is 0 Å². The second kappa shape index (κ2) is 9.48. The summed E-state index contributed by atoms with van der Waals surface area (Å²) < 4.78 is 0. The van der Waals surface area contributed by atoms with Crippen LogP contribution in [0.3, 0.4) is 0 Å². The Bertz CT molecular complexity index is 921. The first-order valence-corrected chi connectivity index (χ1v) is 8.30. The molecule has 0 aliphatic rings. The third kappa shape index (κ3) is 5.15. The van der Waals surface area contributed by atoms with Crippen molar-refractivity contribution < 1.29 is 9.59 Å². The van der Waals surface area contributed by atoms with Crippen molar-refractivity contribution in [2.75, 3.05) is 0 Å². The molecule has 3 aromatic rings. The molecule has 1 aromatic carbocycles. The van der Waals surface area contributed by atoms with Gasteiger partial charge in [-0.15, -0.1) is 0 Å². The van der Waals surface area contributed by atoms with Crippen LogP contribution in [0.15, 0.2) is 83.5 Å². The van der Waals surface area contributed by atoms with Crippen molar-refractivity contribution in [3.63, 3.8) is 0 Å². The van der Waals surface area contributed by atoms with E-state index in [2.05, 4.69) is 31.0 Å². The monoisotopic (exact) mass is 372 g/mol. The minimum atomic E-state index is -0.339. The van der Waals surface area contributed by atoms with E-state index in [1.807, 2.05) is 24.3 Å². The predicted molar refractivity (Wildman–Crippen MR) is 105 cm³/mol. The third-order valence-electron chi connectivity index (χ3n) is 3.62. The number of hydrazone groups is 2. The molecule has 0 fully saturated rings. The summed E-state index contributed by atoms with van der Waals surface area (Å²) in [7, 11) is 0. The van der Waals surface area contributed by atoms with Gasteiger partial charge in [0.05, 0.1) is 12.4 Å². The van der Waals surface area contributed by atoms with Gasteiger partial charge in [0.2, 0.25) is 0 Å². The van der Waals surface area contributed by atoms with Crippen LogP contribution in [0.4, 0.5) is 0 Å². The maximum absolute atomic E-state index is 12.0. The summed E-state index contributed by atoms with van der Waals surface area (Å²) in [5.41, 5.74) is 7.27. The summed E-state index contributed by atoms with van der Waals surface area (Å²) in [4.78, 5) is 31.7. The molecule has 0 aliphatic carbocycles. The van der Waals surface area contributed by atoms with Crippen molar-refractivity contribution in [2.45, 2.75) is 0 Å². The highest BCUT2D eigenvalue weighted by Gasteiger charge is 2.04. The number of carbonyl (C=O) groups is 2. The Morgan fingerprint density at radius 2 is 1.07 bits per heavy atom. The summed E-state index contributed by atoms with van der Waals surface area (Å²) in [6, 6.07) is 13.7. The molecule has 0 spiro atoms. The van der Waals surface area contributed by atoms with E-state index in [1.165, 1.54) is 37.2 Å². The van der Waals surface area contributed by atoms with Crippen molar-refractivity contribution in [3.8, 4) is 0 Å². The molecule has 0 saturated heterocycles. The van der Waals surface area contributed by atoms with Crippen LogP contribution >= 0.6 is 0 Å². The first kappa shape index (κ1) is 18.6. The van der Waals surface area contributed by atoms with Gasteiger partial charge in [-0.25, -0.2) is 10.9 Å². The lowest BCUT2D eigenvalue weighted by molar-refractivity contribution is 0.0947. The SMILES string of the molecule is O=C(N/N=C/c1ccccc1/C=N/NC(=O)c1ccncc1)c1ccncc1. The molecule has 8 heteroatoms. The zero-order chi connectivity index (χ0) is 19.6. The first-order valence-electron chi connectivity index (χ1n) is 8.30. The number of benzene rings is 1. The Morgan fingerprint density at radius 1 is 0.679 bits per heavy atom. The van der Waals surface area contributed by atoms with Gasteiger partial charge in [-0.05, 0) is 24.3 Å². The van der Waals surface area contributed by atoms with Gasteiger partial charge in [0, 0.05) is 47.0 Å². The van der Waals surface area contributed by atoms with E-state index < -0.39 is 0 Å². The highest BCUT2D eigenvalue weighted by atomic mass is 16.2. The van der Waals surface area contributed by atoms with Crippen LogP contribution in [-0.4, -0.2) is 34.2 Å². The Labute approximate surface area is 161 Å². The lowest BCUT2D eigenvalue weighted by Crippen LogP contribution is -2.18. The number of carbonyl (C=O) groups excluding carboxylic acids is 2. The van der Waals surface area contributed by atoms with Crippen LogP contribution in [0.2, 0.25) is 0 Å². The second-order valence-electron chi connectivity index (χ2n) is 5.50. The molecule has 28 heavy (non-hydrogen) atoms. The second-order valence-corrected chi connectivity index (χ2v) is 5.50. The molecule has 0 bridgehead atoms. The van der Waals surface area contributed by atoms with E-state index in [0.717, 1.165) is 11.1 Å². The van der Waals surface area contributed by atoms with E-state index in [9.17, 15) is 9.59 Å². The van der Waals surface area contributed by atoms with Crippen LogP contribution < -0.4 is 10.9 Å². The van der Waals surface area contributed by atoms with Gasteiger partial charge in [0.25, 0.3) is 11.8 Å². The number of pyridine rings is 2. The quantitative estimate of drug-likeness (QED) is 0.509. The average molecular weight is 372 g/mol. The van der Waals surface area contributed by atoms with Crippen molar-refractivity contribution >= 4 is 24.2 Å². The highest BCUT2D eigenvalue weighted by Crippen LogP contribution is 2.04. The zero-order valence-corrected chi connectivity index (χ0v) is 14.7. The molecule has 138 valence electrons. The van der Waals surface area contributed by atoms with Gasteiger partial charge in [0.1, 0.15) is 0 Å². The summed E-state index contributed by atoms with van der Waals surface area (Å²) >= 11 is 0. The fraction of sp³-hybridized carbons (Fsp3) is 0. The highest BCUT2D eigenvalue weighted by molar-refractivity contribution is 5.98. The molecule has 0 aliphatic heterocycles. The number of hydrogen-bond acceptors (Lipinski definition) is 6. The van der Waals surface area contributed by atoms with E-state index in [4.69, 9.17) is 0 Å². The van der Waals surface area contributed by atoms with Gasteiger partial charge >= 0.3 is 0 Å². The Morgan fingerprint density at radius 3 is 1.46 bits per heavy atom. The summed E-state index contributed by atoms with van der Waals surface area (Å²) in [6.07, 6.45) is 9.14. The molecule has 8 nitrogen and oxygen atoms in total. The van der Waals surface area contributed by atoms with Crippen molar-refractivity contribution in [2.24, 2.45) is 10.2 Å². The molecule has 0 radical (unpaired) electrons. The number of nitrogens with zero attached hydrogens (tertiary/aromatic N) is 4. The van der Waals surface area contributed by atoms with Gasteiger partial charge in [0.15, 0.2) is 0 Å². The van der Waals surface area contributed by atoms with Gasteiger partial charge in [-0.2, -0.15) is 10.2 Å². The van der Waals surface area contributed by atoms with Crippen LogP contribution in [0.25, 0.3) is 0 Å². The molecule has 2 amide bonds. The lowest BCUT2D eigenvalue weighted by Gasteiger charge is -2.02. The Balaban J connectivity index is 1.62. The summed E-state index contributed by atoms with van der Waals surface area (Å²) in [6.45, 7) is 0. The van der Waals surface area contributed by atoms with E-state index in [0.29, 0.717) is 11.1 Å². The maximum atomic E-state index is 12.0. The molecule has 0 atom stereocenters. The molecule has 0 unspecified atom stereocenters. The molecule has 2 aromatic heterocycles. The molecule has 2 heterocycles. The van der Waals surface area contributed by atoms with Gasteiger partial charge < -0.3 is 0 Å². The number of amides is 2. The Hall–Kier alpha value is -4.20. The average Bonchev–Trinajstić information content (AvgIpc) is 2.76. The summed E-state index contributed by atoms with van der Waals surface area (Å²) in [5, 5.41) is 7.94. The van der Waals surface area contributed by atoms with Crippen molar-refractivity contribution in [3.05, 3.63) is 95.6 Å². The maximum Gasteiger partial charge on any atom is 0.271 e. The number of aromatic nitrogens is 2. The minimum absolute atomic E-state index is 0.339. The third-order valence-corrected chi connectivity index (χ3v) is 3.62. The molecule has 3 rings (SSSR count). The van der Waals surface area contributed by atoms with Gasteiger partial charge in [-0.3, -0.25) is 19.6 Å². The zero-order valence-electron chi connectivity index (χ0n) is 14.7. The predicted octanol–water partition coefficient (Wildman–Crippen LogP) is 2.00. The van der Waals surface area contributed by atoms with E-state index in [1.54, 1.807) is 24.3 Å². The van der Waals surface area contributed by atoms with Gasteiger partial charge in [-0.1, -0.05) is 24.3 Å². The smallest absolute Gasteiger partial charge is 0.267 e. The first-order chi connectivity index (χ1) is 13.7. The van der Waals surface area contributed by atoms with E-state index in [-0.39, 0.29) is 11.8 Å². The topological polar surface area (TPSA) is 109 Å². The molecular formula is C20H16N6O2. The normalized spacial score (nSPS) is 10.9. The van der Waals surface area contributed by atoms with E-state index >= 15 is 0 Å². The number of nitrogens with one attached hydrogen (secondary N) is 2. The number of rotatable bonds is 6. The fourth-order valence-corrected chi connectivity index (χ4v) is 2.20. The van der Waals surface area contributed by atoms with Crippen molar-refractivity contribution in [1.82, 2.24) is 20.8 Å². The Kier molecular flexibility index (Phi) is 6.30. The fourth-order valence-electron chi connectivity index (χ4n) is 2.20. The van der Waals surface area contributed by atoms with Crippen LogP contribution in [0.1, 0.15) is 31.8 Å². The van der Waals surface area contributed by atoms with Crippen LogP contribution in [0.5, 0.6) is 0 Å². The standard InChI is InChI=1S/C20H16N6O2/c27-19(15-5-9-21-10-6-15)25-23-13-17-3-1-2-4-18(17)14-24-26-20(28)16-7-11-22-12-8-16/h1-14H,(H,25,27)(H,26,28)/b23-13+,24-14+. The minimum Gasteiger partial charge on any atom is -0.267 e. The molecule has 0 saturated carbocycles. The summed E-state index contributed by atoms with van der Waals surface area (Å²) in [5.74, 6) is -0.677. The number of hydrogen-bond donors (Lipinski definition) is 2. The lowest BCUT2D eigenvalue weighted by atomic mass is 10.1. The molecular weight excluding hydrogens is 356 g/mol. The van der Waals surface area contributed by atoms with Crippen LogP contribution in [0, 0.1) is 0 Å². The molecule has 2 N–H and O–H groups in total. The largest absolute Gasteiger partial charge is 0.271 e.